The van der Waals surface area contributed by atoms with Crippen LogP contribution in [0.5, 0.6) is 0 Å². The van der Waals surface area contributed by atoms with Crippen LogP contribution in [-0.4, -0.2) is 31.7 Å². The maximum atomic E-state index is 11.9. The van der Waals surface area contributed by atoms with Gasteiger partial charge in [-0.05, 0) is 38.0 Å². The number of hydrogen-bond acceptors (Lipinski definition) is 4. The summed E-state index contributed by atoms with van der Waals surface area (Å²) in [6, 6.07) is 5.34. The SMILES string of the molecule is CCNC(=O)c1ccc(N)c(NCC2CCOC2CC)c1. The zero-order valence-electron chi connectivity index (χ0n) is 12.8. The van der Waals surface area contributed by atoms with E-state index in [4.69, 9.17) is 10.5 Å². The normalized spacial score (nSPS) is 21.2. The van der Waals surface area contributed by atoms with Gasteiger partial charge in [0.1, 0.15) is 0 Å². The average Bonchev–Trinajstić information content (AvgIpc) is 2.94. The lowest BCUT2D eigenvalue weighted by Gasteiger charge is -2.19. The first-order valence-electron chi connectivity index (χ1n) is 7.68. The fourth-order valence-corrected chi connectivity index (χ4v) is 2.73. The Bertz CT molecular complexity index is 490. The van der Waals surface area contributed by atoms with E-state index < -0.39 is 0 Å². The molecule has 1 saturated heterocycles. The van der Waals surface area contributed by atoms with E-state index in [0.29, 0.717) is 29.8 Å². The number of nitrogens with two attached hydrogens (primary N) is 1. The summed E-state index contributed by atoms with van der Waals surface area (Å²) < 4.78 is 5.69. The highest BCUT2D eigenvalue weighted by atomic mass is 16.5. The van der Waals surface area contributed by atoms with Crippen molar-refractivity contribution in [3.63, 3.8) is 0 Å². The molecule has 1 aromatic rings. The quantitative estimate of drug-likeness (QED) is 0.703. The summed E-state index contributed by atoms with van der Waals surface area (Å²) in [7, 11) is 0. The van der Waals surface area contributed by atoms with Crippen LogP contribution in [0.25, 0.3) is 0 Å². The van der Waals surface area contributed by atoms with E-state index in [-0.39, 0.29) is 5.91 Å². The fourth-order valence-electron chi connectivity index (χ4n) is 2.73. The van der Waals surface area contributed by atoms with Gasteiger partial charge >= 0.3 is 0 Å². The van der Waals surface area contributed by atoms with Gasteiger partial charge < -0.3 is 21.1 Å². The minimum absolute atomic E-state index is 0.0730. The molecule has 1 aromatic carbocycles. The predicted molar refractivity (Wildman–Crippen MR) is 85.5 cm³/mol. The summed E-state index contributed by atoms with van der Waals surface area (Å²) in [6.45, 7) is 6.32. The van der Waals surface area contributed by atoms with Gasteiger partial charge in [0.2, 0.25) is 0 Å². The van der Waals surface area contributed by atoms with Crippen molar-refractivity contribution >= 4 is 17.3 Å². The first-order valence-corrected chi connectivity index (χ1v) is 7.68. The number of carbonyl (C=O) groups excluding carboxylic acids is 1. The van der Waals surface area contributed by atoms with E-state index in [1.165, 1.54) is 0 Å². The number of benzene rings is 1. The van der Waals surface area contributed by atoms with Crippen molar-refractivity contribution in [2.45, 2.75) is 32.8 Å². The van der Waals surface area contributed by atoms with Gasteiger partial charge in [-0.3, -0.25) is 4.79 Å². The molecule has 1 fully saturated rings. The second-order valence-electron chi connectivity index (χ2n) is 5.41. The molecule has 0 bridgehead atoms. The number of anilines is 2. The van der Waals surface area contributed by atoms with Gasteiger partial charge in [-0.1, -0.05) is 6.92 Å². The third-order valence-corrected chi connectivity index (χ3v) is 3.96. The monoisotopic (exact) mass is 291 g/mol. The summed E-state index contributed by atoms with van der Waals surface area (Å²) in [6.07, 6.45) is 2.42. The van der Waals surface area contributed by atoms with Crippen LogP contribution in [0.2, 0.25) is 0 Å². The van der Waals surface area contributed by atoms with Gasteiger partial charge in [0.15, 0.2) is 0 Å². The summed E-state index contributed by atoms with van der Waals surface area (Å²) in [5.74, 6) is 0.429. The molecule has 0 spiro atoms. The largest absolute Gasteiger partial charge is 0.397 e. The first-order chi connectivity index (χ1) is 10.2. The zero-order chi connectivity index (χ0) is 15.2. The third kappa shape index (κ3) is 3.88. The zero-order valence-corrected chi connectivity index (χ0v) is 12.8. The first kappa shape index (κ1) is 15.6. The van der Waals surface area contributed by atoms with E-state index >= 15 is 0 Å². The van der Waals surface area contributed by atoms with Crippen molar-refractivity contribution in [3.8, 4) is 0 Å². The lowest BCUT2D eigenvalue weighted by Crippen LogP contribution is -2.24. The Morgan fingerprint density at radius 2 is 2.24 bits per heavy atom. The van der Waals surface area contributed by atoms with Crippen molar-refractivity contribution in [3.05, 3.63) is 23.8 Å². The number of carbonyl (C=O) groups is 1. The van der Waals surface area contributed by atoms with E-state index in [0.717, 1.165) is 31.7 Å². The Morgan fingerprint density at radius 3 is 2.95 bits per heavy atom. The van der Waals surface area contributed by atoms with E-state index in [1.807, 2.05) is 13.0 Å². The smallest absolute Gasteiger partial charge is 0.251 e. The van der Waals surface area contributed by atoms with Crippen molar-refractivity contribution < 1.29 is 9.53 Å². The summed E-state index contributed by atoms with van der Waals surface area (Å²) in [4.78, 5) is 11.9. The minimum Gasteiger partial charge on any atom is -0.397 e. The van der Waals surface area contributed by atoms with Gasteiger partial charge in [0, 0.05) is 31.2 Å². The van der Waals surface area contributed by atoms with E-state index in [9.17, 15) is 4.79 Å². The standard InChI is InChI=1S/C16H25N3O2/c1-3-15-12(7-8-21-15)10-19-14-9-11(5-6-13(14)17)16(20)18-4-2/h5-6,9,12,15,19H,3-4,7-8,10,17H2,1-2H3,(H,18,20). The van der Waals surface area contributed by atoms with Crippen molar-refractivity contribution in [2.75, 3.05) is 30.7 Å². The van der Waals surface area contributed by atoms with Crippen LogP contribution in [-0.2, 0) is 4.74 Å². The molecule has 2 rings (SSSR count). The lowest BCUT2D eigenvalue weighted by atomic mass is 9.99. The van der Waals surface area contributed by atoms with Gasteiger partial charge in [-0.2, -0.15) is 0 Å². The highest BCUT2D eigenvalue weighted by Crippen LogP contribution is 2.26. The van der Waals surface area contributed by atoms with Gasteiger partial charge in [0.25, 0.3) is 5.91 Å². The number of nitrogens with one attached hydrogen (secondary N) is 2. The van der Waals surface area contributed by atoms with Crippen molar-refractivity contribution in [2.24, 2.45) is 5.92 Å². The van der Waals surface area contributed by atoms with Crippen LogP contribution in [0.4, 0.5) is 11.4 Å². The highest BCUT2D eigenvalue weighted by molar-refractivity contribution is 5.96. The molecule has 1 heterocycles. The van der Waals surface area contributed by atoms with Crippen LogP contribution >= 0.6 is 0 Å². The van der Waals surface area contributed by atoms with Gasteiger partial charge in [-0.25, -0.2) is 0 Å². The molecule has 2 atom stereocenters. The molecule has 1 aliphatic rings. The number of ether oxygens (including phenoxy) is 1. The van der Waals surface area contributed by atoms with Crippen LogP contribution in [0.15, 0.2) is 18.2 Å². The number of amides is 1. The summed E-state index contributed by atoms with van der Waals surface area (Å²) in [5, 5.41) is 6.17. The molecular formula is C16H25N3O2. The minimum atomic E-state index is -0.0730. The maximum Gasteiger partial charge on any atom is 0.251 e. The van der Waals surface area contributed by atoms with Crippen LogP contribution in [0, 0.1) is 5.92 Å². The molecule has 5 heteroatoms. The Balaban J connectivity index is 2.02. The molecule has 116 valence electrons. The second kappa shape index (κ2) is 7.31. The summed E-state index contributed by atoms with van der Waals surface area (Å²) in [5.41, 5.74) is 8.10. The molecule has 21 heavy (non-hydrogen) atoms. The number of nitrogen functional groups attached to an aromatic ring is 1. The van der Waals surface area contributed by atoms with Crippen molar-refractivity contribution in [1.82, 2.24) is 5.32 Å². The third-order valence-electron chi connectivity index (χ3n) is 3.96. The molecular weight excluding hydrogens is 266 g/mol. The molecule has 1 amide bonds. The molecule has 0 radical (unpaired) electrons. The van der Waals surface area contributed by atoms with Gasteiger partial charge in [-0.15, -0.1) is 0 Å². The number of rotatable bonds is 6. The Morgan fingerprint density at radius 1 is 1.43 bits per heavy atom. The Hall–Kier alpha value is -1.75. The second-order valence-corrected chi connectivity index (χ2v) is 5.41. The molecule has 0 aromatic heterocycles. The van der Waals surface area contributed by atoms with Crippen LogP contribution in [0.3, 0.4) is 0 Å². The Kier molecular flexibility index (Phi) is 5.44. The van der Waals surface area contributed by atoms with Crippen LogP contribution < -0.4 is 16.4 Å². The van der Waals surface area contributed by atoms with Gasteiger partial charge in [0.05, 0.1) is 17.5 Å². The van der Waals surface area contributed by atoms with E-state index in [1.54, 1.807) is 12.1 Å². The van der Waals surface area contributed by atoms with Crippen LogP contribution in [0.1, 0.15) is 37.0 Å². The molecule has 1 aliphatic heterocycles. The molecule has 0 saturated carbocycles. The van der Waals surface area contributed by atoms with E-state index in [2.05, 4.69) is 17.6 Å². The highest BCUT2D eigenvalue weighted by Gasteiger charge is 2.26. The number of hydrogen-bond donors (Lipinski definition) is 3. The summed E-state index contributed by atoms with van der Waals surface area (Å²) >= 11 is 0. The molecule has 5 nitrogen and oxygen atoms in total. The topological polar surface area (TPSA) is 76.4 Å². The fraction of sp³-hybridized carbons (Fsp3) is 0.562. The Labute approximate surface area is 126 Å². The van der Waals surface area contributed by atoms with Crippen molar-refractivity contribution in [1.29, 1.82) is 0 Å². The molecule has 0 aliphatic carbocycles. The maximum absolute atomic E-state index is 11.9. The molecule has 4 N–H and O–H groups in total. The predicted octanol–water partition coefficient (Wildman–Crippen LogP) is 2.25. The lowest BCUT2D eigenvalue weighted by molar-refractivity contribution is 0.0900. The molecule has 2 unspecified atom stereocenters. The average molecular weight is 291 g/mol.